The fraction of sp³-hybridized carbons (Fsp3) is 0.836. The van der Waals surface area contributed by atoms with E-state index in [4.69, 9.17) is 21.9 Å². The number of hydrogen-bond acceptors (Lipinski definition) is 15. The lowest BCUT2D eigenvalue weighted by Gasteiger charge is -2.63. The van der Waals surface area contributed by atoms with Crippen LogP contribution in [-0.2, 0) is 38.3 Å². The fourth-order valence-corrected chi connectivity index (χ4v) is 12.6. The van der Waals surface area contributed by atoms with Crippen molar-refractivity contribution in [2.24, 2.45) is 78.8 Å². The van der Waals surface area contributed by atoms with Crippen LogP contribution in [-0.4, -0.2) is 165 Å². The fourth-order valence-electron chi connectivity index (χ4n) is 12.6. The molecule has 3 aliphatic carbocycles. The first-order valence-electron chi connectivity index (χ1n) is 25.2. The summed E-state index contributed by atoms with van der Waals surface area (Å²) in [6.07, 6.45) is -0.443. The highest BCUT2D eigenvalue weighted by Crippen LogP contribution is 2.60. The number of nitrogens with zero attached hydrogens (tertiary/aromatic N) is 3. The molecule has 0 heterocycles. The number of nitrogens with two attached hydrogens (primary N) is 3. The van der Waals surface area contributed by atoms with Crippen molar-refractivity contribution in [2.75, 3.05) is 42.3 Å². The van der Waals surface area contributed by atoms with Gasteiger partial charge in [-0.3, -0.25) is 48.3 Å². The van der Waals surface area contributed by atoms with Gasteiger partial charge in [-0.15, -0.1) is 0 Å². The molecule has 18 heteroatoms. The van der Waals surface area contributed by atoms with Gasteiger partial charge in [0.05, 0.1) is 34.9 Å². The summed E-state index contributed by atoms with van der Waals surface area (Å²) in [6, 6.07) is -2.21. The lowest BCUT2D eigenvalue weighted by molar-refractivity contribution is -0.272. The van der Waals surface area contributed by atoms with Crippen LogP contribution >= 0.6 is 0 Å². The monoisotopic (exact) mass is 1040 g/mol. The van der Waals surface area contributed by atoms with E-state index in [1.165, 1.54) is 6.08 Å². The summed E-state index contributed by atoms with van der Waals surface area (Å²) in [5, 5.41) is 46.7. The molecule has 0 bridgehead atoms. The average Bonchev–Trinajstić information content (AvgIpc) is 3.15. The van der Waals surface area contributed by atoms with E-state index < -0.39 is 115 Å². The smallest absolute Gasteiger partial charge is 0.303 e. The first kappa shape index (κ1) is 67.4. The number of hydrogen-bond donors (Lipinski definition) is 7. The number of carbonyl (C=O) groups is 7. The molecule has 0 spiro atoms. The maximum atomic E-state index is 13.4. The highest BCUT2D eigenvalue weighted by atomic mass is 16.6. The van der Waals surface area contributed by atoms with Crippen molar-refractivity contribution in [3.8, 4) is 0 Å². The minimum atomic E-state index is -2.86. The third kappa shape index (κ3) is 11.7. The van der Waals surface area contributed by atoms with Gasteiger partial charge in [0.1, 0.15) is 11.0 Å². The van der Waals surface area contributed by atoms with Crippen LogP contribution in [0.5, 0.6) is 0 Å². The van der Waals surface area contributed by atoms with Crippen LogP contribution in [0.25, 0.3) is 0 Å². The number of carbonyl (C=O) groups excluding carboxylic acids is 7. The van der Waals surface area contributed by atoms with Gasteiger partial charge in [0.15, 0.2) is 23.5 Å². The van der Waals surface area contributed by atoms with E-state index in [0.717, 1.165) is 6.92 Å². The predicted octanol–water partition coefficient (Wildman–Crippen LogP) is 3.50. The van der Waals surface area contributed by atoms with Crippen molar-refractivity contribution >= 4 is 41.0 Å². The third-order valence-corrected chi connectivity index (χ3v) is 16.5. The molecule has 10 N–H and O–H groups in total. The van der Waals surface area contributed by atoms with E-state index >= 15 is 0 Å². The molecular weight excluding hydrogens is 937 g/mol. The quantitative estimate of drug-likeness (QED) is 0.109. The van der Waals surface area contributed by atoms with Gasteiger partial charge >= 0.3 is 5.97 Å². The SMILES string of the molecule is CC(=O)OC1C(O)(C(N)=O)C(=O)[C@@H](N(C)C)C(C(C)(C)C)[C@]1(O)C(C)(C)C.CC1C(C)(C(N)=O)C(=O)[C@@H](N(C)C)C(C(C)(C)C)[C@]1(O)C(C)(C)C.CN(C)[C@@H]1C(=O)C(C(N)=O)=C[C@@](O)(C(C)(C)C)C1C(C)(C)C. The standard InChI is InChI=1S/C19H34N2O6.C19H36N2O3.C17H30N2O3/c1-10(22)27-14-18(25,15(20)24)13(23)11(21(8)9)12(16(2,3)4)19(14,26)17(5,6)7;1-11-18(8,15(20)23)14(22)12(21(9)10)13(16(2,3)4)19(11,24)17(5,6)7;1-15(2,3)13-11(19(7)8)12(20)10(14(18)21)9-17(13,22)16(4,5)6/h11-12,14,25-26H,1-9H3,(H2,20,24);11-13,24H,1-10H3,(H2,20,23);9,11,13,22H,1-8H3,(H2,18,21)/t11-,12?,14?,18?,19+;11?,12-,13?,18?,19-;11-,13?,17+/m001/s1. The molecule has 13 atom stereocenters. The van der Waals surface area contributed by atoms with E-state index in [2.05, 4.69) is 0 Å². The molecule has 2 saturated carbocycles. The molecule has 2 fully saturated rings. The molecule has 18 nitrogen and oxygen atoms in total. The van der Waals surface area contributed by atoms with E-state index in [1.807, 2.05) is 123 Å². The third-order valence-electron chi connectivity index (χ3n) is 16.5. The molecule has 422 valence electrons. The molecule has 7 unspecified atom stereocenters. The molecular formula is C55H100N6O12. The summed E-state index contributed by atoms with van der Waals surface area (Å²) in [5.41, 5.74) is 4.21. The zero-order chi connectivity index (χ0) is 58.9. The second kappa shape index (κ2) is 21.1. The molecule has 0 aromatic carbocycles. The maximum Gasteiger partial charge on any atom is 0.303 e. The number of ether oxygens (including phenoxy) is 1. The zero-order valence-electron chi connectivity index (χ0n) is 49.8. The number of primary amides is 3. The lowest BCUT2D eigenvalue weighted by Crippen LogP contribution is -2.82. The minimum absolute atomic E-state index is 0.100. The van der Waals surface area contributed by atoms with Gasteiger partial charge in [-0.25, -0.2) is 0 Å². The highest BCUT2D eigenvalue weighted by molar-refractivity contribution is 6.21. The first-order valence-corrected chi connectivity index (χ1v) is 25.2. The molecule has 0 aliphatic heterocycles. The molecule has 3 rings (SSSR count). The molecule has 0 saturated heterocycles. The van der Waals surface area contributed by atoms with Crippen LogP contribution in [0.15, 0.2) is 11.6 Å². The van der Waals surface area contributed by atoms with Crippen molar-refractivity contribution in [1.29, 1.82) is 0 Å². The van der Waals surface area contributed by atoms with E-state index in [-0.39, 0.29) is 39.8 Å². The topological polar surface area (TPSA) is 297 Å². The molecule has 3 aliphatic rings. The summed E-state index contributed by atoms with van der Waals surface area (Å²) in [6.45, 7) is 38.8. The van der Waals surface area contributed by atoms with Gasteiger partial charge in [0, 0.05) is 30.6 Å². The van der Waals surface area contributed by atoms with Gasteiger partial charge in [0.25, 0.3) is 11.8 Å². The number of rotatable bonds is 7. The van der Waals surface area contributed by atoms with Crippen molar-refractivity contribution in [1.82, 2.24) is 14.7 Å². The summed E-state index contributed by atoms with van der Waals surface area (Å²) in [7, 11) is 10.5. The van der Waals surface area contributed by atoms with Crippen molar-refractivity contribution in [3.05, 3.63) is 11.6 Å². The normalized spacial score (nSPS) is 34.9. The van der Waals surface area contributed by atoms with Crippen LogP contribution in [0.4, 0.5) is 0 Å². The van der Waals surface area contributed by atoms with Crippen LogP contribution < -0.4 is 17.2 Å². The number of esters is 1. The predicted molar refractivity (Wildman–Crippen MR) is 283 cm³/mol. The second-order valence-corrected chi connectivity index (χ2v) is 28.4. The number of likely N-dealkylation sites (N-methyl/N-ethyl adjacent to an activating group) is 3. The summed E-state index contributed by atoms with van der Waals surface area (Å²) >= 11 is 0. The Morgan fingerprint density at radius 1 is 0.548 bits per heavy atom. The Morgan fingerprint density at radius 3 is 1.15 bits per heavy atom. The molecule has 0 radical (unpaired) electrons. The Bertz CT molecular complexity index is 2150. The molecule has 3 amide bonds. The van der Waals surface area contributed by atoms with E-state index in [9.17, 15) is 54.0 Å². The Labute approximate surface area is 437 Å². The van der Waals surface area contributed by atoms with Gasteiger partial charge in [0.2, 0.25) is 11.5 Å². The number of aliphatic hydroxyl groups is 4. The number of ketones is 3. The van der Waals surface area contributed by atoms with Gasteiger partial charge < -0.3 is 42.4 Å². The molecule has 73 heavy (non-hydrogen) atoms. The molecule has 0 aromatic rings. The summed E-state index contributed by atoms with van der Waals surface area (Å²) in [4.78, 5) is 92.6. The van der Waals surface area contributed by atoms with E-state index in [0.29, 0.717) is 0 Å². The van der Waals surface area contributed by atoms with Gasteiger partial charge in [-0.05, 0) is 87.8 Å². The highest BCUT2D eigenvalue weighted by Gasteiger charge is 2.75. The first-order chi connectivity index (χ1) is 31.9. The Hall–Kier alpha value is -3.65. The van der Waals surface area contributed by atoms with Crippen molar-refractivity contribution in [3.63, 3.8) is 0 Å². The second-order valence-electron chi connectivity index (χ2n) is 28.4. The number of amides is 3. The van der Waals surface area contributed by atoms with Crippen LogP contribution in [0.2, 0.25) is 0 Å². The summed E-state index contributed by atoms with van der Waals surface area (Å²) < 4.78 is 5.26. The largest absolute Gasteiger partial charge is 0.455 e. The summed E-state index contributed by atoms with van der Waals surface area (Å²) in [5.74, 6) is -7.12. The number of Topliss-reactive ketones (excluding diaryl/α,β-unsaturated/α-hetero) is 3. The van der Waals surface area contributed by atoms with Crippen molar-refractivity contribution < 1.29 is 58.7 Å². The van der Waals surface area contributed by atoms with Gasteiger partial charge in [-0.2, -0.15) is 0 Å². The Balaban J connectivity index is 0.000000550. The zero-order valence-corrected chi connectivity index (χ0v) is 49.8. The van der Waals surface area contributed by atoms with Crippen LogP contribution in [0, 0.1) is 61.6 Å². The lowest BCUT2D eigenvalue weighted by atomic mass is 9.44. The Kier molecular flexibility index (Phi) is 19.4. The Morgan fingerprint density at radius 2 is 0.890 bits per heavy atom. The maximum absolute atomic E-state index is 13.4. The van der Waals surface area contributed by atoms with Crippen molar-refractivity contribution in [2.45, 2.75) is 192 Å². The minimum Gasteiger partial charge on any atom is -0.455 e. The van der Waals surface area contributed by atoms with Gasteiger partial charge in [-0.1, -0.05) is 132 Å². The van der Waals surface area contributed by atoms with E-state index in [1.54, 1.807) is 72.6 Å². The van der Waals surface area contributed by atoms with Crippen LogP contribution in [0.3, 0.4) is 0 Å². The molecule has 0 aromatic heterocycles. The van der Waals surface area contributed by atoms with Crippen LogP contribution in [0.1, 0.15) is 145 Å². The average molecular weight is 1040 g/mol.